The van der Waals surface area contributed by atoms with Crippen LogP contribution in [0.3, 0.4) is 0 Å². The van der Waals surface area contributed by atoms with Crippen LogP contribution in [0.4, 0.5) is 0 Å². The first-order chi connectivity index (χ1) is 11.1. The minimum atomic E-state index is -0.304. The Morgan fingerprint density at radius 2 is 1.96 bits per heavy atom. The third-order valence-electron chi connectivity index (χ3n) is 3.33. The lowest BCUT2D eigenvalue weighted by Crippen LogP contribution is -2.33. The average molecular weight is 318 g/mol. The van der Waals surface area contributed by atoms with E-state index in [1.165, 1.54) is 10.7 Å². The van der Waals surface area contributed by atoms with Crippen molar-refractivity contribution in [2.75, 3.05) is 33.4 Å². The molecule has 0 unspecified atom stereocenters. The van der Waals surface area contributed by atoms with Crippen molar-refractivity contribution < 1.29 is 9.53 Å². The second-order valence-corrected chi connectivity index (χ2v) is 5.18. The quantitative estimate of drug-likeness (QED) is 0.616. The largest absolute Gasteiger partial charge is 0.383 e. The van der Waals surface area contributed by atoms with Crippen LogP contribution in [0, 0.1) is 6.92 Å². The monoisotopic (exact) mass is 318 g/mol. The third-order valence-corrected chi connectivity index (χ3v) is 3.33. The van der Waals surface area contributed by atoms with Crippen LogP contribution in [0.5, 0.6) is 0 Å². The molecule has 2 aromatic rings. The molecule has 2 rings (SSSR count). The number of aromatic nitrogens is 2. The molecule has 7 nitrogen and oxygen atoms in total. The summed E-state index contributed by atoms with van der Waals surface area (Å²) < 4.78 is 6.26. The Hall–Kier alpha value is -2.38. The molecular weight excluding hydrogens is 296 g/mol. The van der Waals surface area contributed by atoms with Gasteiger partial charge in [-0.2, -0.15) is 0 Å². The van der Waals surface area contributed by atoms with Gasteiger partial charge in [0.25, 0.3) is 11.5 Å². The van der Waals surface area contributed by atoms with Gasteiger partial charge in [-0.1, -0.05) is 17.7 Å². The van der Waals surface area contributed by atoms with Crippen LogP contribution in [0.15, 0.2) is 35.1 Å². The summed E-state index contributed by atoms with van der Waals surface area (Å²) in [5.41, 5.74) is 1.78. The number of nitrogens with zero attached hydrogens (tertiary/aromatic N) is 1. The number of nitrogens with one attached hydrogen (secondary N) is 3. The second kappa shape index (κ2) is 8.30. The van der Waals surface area contributed by atoms with Gasteiger partial charge in [0.2, 0.25) is 0 Å². The first-order valence-electron chi connectivity index (χ1n) is 7.49. The summed E-state index contributed by atoms with van der Waals surface area (Å²) in [6.07, 6.45) is 0. The van der Waals surface area contributed by atoms with E-state index >= 15 is 0 Å². The minimum absolute atomic E-state index is 0.243. The molecule has 0 atom stereocenters. The molecule has 0 aliphatic heterocycles. The minimum Gasteiger partial charge on any atom is -0.383 e. The zero-order valence-corrected chi connectivity index (χ0v) is 13.4. The number of carbonyl (C=O) groups is 1. The number of rotatable bonds is 8. The number of ether oxygens (including phenoxy) is 1. The molecule has 0 aliphatic carbocycles. The summed E-state index contributed by atoms with van der Waals surface area (Å²) in [4.78, 5) is 24.0. The summed E-state index contributed by atoms with van der Waals surface area (Å²) in [5.74, 6) is -0.304. The van der Waals surface area contributed by atoms with Crippen LogP contribution < -0.4 is 16.2 Å². The molecule has 0 fully saturated rings. The Kier molecular flexibility index (Phi) is 6.13. The number of amides is 1. The van der Waals surface area contributed by atoms with Gasteiger partial charge in [-0.25, -0.2) is 4.68 Å². The number of benzene rings is 1. The molecular formula is C16H22N4O3. The smallest absolute Gasteiger partial charge is 0.271 e. The van der Waals surface area contributed by atoms with Crippen LogP contribution in [0.1, 0.15) is 16.1 Å². The van der Waals surface area contributed by atoms with Crippen molar-refractivity contribution in [1.29, 1.82) is 0 Å². The van der Waals surface area contributed by atoms with Crippen molar-refractivity contribution in [2.24, 2.45) is 0 Å². The van der Waals surface area contributed by atoms with Gasteiger partial charge in [0, 0.05) is 32.8 Å². The van der Waals surface area contributed by atoms with E-state index in [9.17, 15) is 9.59 Å². The molecule has 0 radical (unpaired) electrons. The molecule has 1 heterocycles. The highest BCUT2D eigenvalue weighted by Gasteiger charge is 2.11. The van der Waals surface area contributed by atoms with Gasteiger partial charge < -0.3 is 15.4 Å². The standard InChI is InChI=1S/C16H22N4O3/c1-12-3-5-13(6-4-12)20-15(21)11-14(19-20)16(22)18-8-7-17-9-10-23-2/h3-6,11,17,19H,7-10H2,1-2H3,(H,18,22). The maximum Gasteiger partial charge on any atom is 0.271 e. The molecule has 3 N–H and O–H groups in total. The predicted molar refractivity (Wildman–Crippen MR) is 88.2 cm³/mol. The van der Waals surface area contributed by atoms with Crippen molar-refractivity contribution in [3.63, 3.8) is 0 Å². The van der Waals surface area contributed by atoms with Crippen molar-refractivity contribution in [1.82, 2.24) is 20.4 Å². The van der Waals surface area contributed by atoms with E-state index in [0.717, 1.165) is 12.1 Å². The van der Waals surface area contributed by atoms with E-state index in [0.29, 0.717) is 25.4 Å². The Labute approximate surface area is 134 Å². The number of hydrogen-bond acceptors (Lipinski definition) is 4. The van der Waals surface area contributed by atoms with Crippen molar-refractivity contribution in [3.8, 4) is 5.69 Å². The Morgan fingerprint density at radius 1 is 1.22 bits per heavy atom. The molecule has 0 aliphatic rings. The zero-order chi connectivity index (χ0) is 16.7. The molecule has 0 saturated carbocycles. The fraction of sp³-hybridized carbons (Fsp3) is 0.375. The van der Waals surface area contributed by atoms with Crippen LogP contribution in [0.2, 0.25) is 0 Å². The van der Waals surface area contributed by atoms with E-state index in [2.05, 4.69) is 15.7 Å². The Morgan fingerprint density at radius 3 is 2.65 bits per heavy atom. The van der Waals surface area contributed by atoms with Crippen LogP contribution >= 0.6 is 0 Å². The van der Waals surface area contributed by atoms with Crippen LogP contribution in [-0.4, -0.2) is 49.0 Å². The van der Waals surface area contributed by atoms with Gasteiger partial charge in [-0.05, 0) is 19.1 Å². The number of hydrogen-bond donors (Lipinski definition) is 3. The van der Waals surface area contributed by atoms with E-state index in [1.807, 2.05) is 31.2 Å². The second-order valence-electron chi connectivity index (χ2n) is 5.18. The van der Waals surface area contributed by atoms with Crippen molar-refractivity contribution in [2.45, 2.75) is 6.92 Å². The Balaban J connectivity index is 1.93. The van der Waals surface area contributed by atoms with Gasteiger partial charge in [0.15, 0.2) is 0 Å². The third kappa shape index (κ3) is 4.80. The molecule has 0 spiro atoms. The fourth-order valence-corrected chi connectivity index (χ4v) is 2.06. The molecule has 7 heteroatoms. The SMILES string of the molecule is COCCNCCNC(=O)c1cc(=O)n(-c2ccc(C)cc2)[nH]1. The highest BCUT2D eigenvalue weighted by molar-refractivity contribution is 5.92. The number of methoxy groups -OCH3 is 1. The topological polar surface area (TPSA) is 88.2 Å². The maximum absolute atomic E-state index is 12.0. The lowest BCUT2D eigenvalue weighted by Gasteiger charge is -2.06. The van der Waals surface area contributed by atoms with Crippen molar-refractivity contribution >= 4 is 5.91 Å². The molecule has 1 aromatic carbocycles. The van der Waals surface area contributed by atoms with Gasteiger partial charge >= 0.3 is 0 Å². The van der Waals surface area contributed by atoms with E-state index in [-0.39, 0.29) is 17.2 Å². The number of aromatic amines is 1. The first-order valence-corrected chi connectivity index (χ1v) is 7.49. The number of H-pyrrole nitrogens is 1. The summed E-state index contributed by atoms with van der Waals surface area (Å²) in [6, 6.07) is 8.78. The fourth-order valence-electron chi connectivity index (χ4n) is 2.06. The van der Waals surface area contributed by atoms with E-state index in [1.54, 1.807) is 7.11 Å². The van der Waals surface area contributed by atoms with E-state index < -0.39 is 0 Å². The average Bonchev–Trinajstić information content (AvgIpc) is 2.93. The predicted octanol–water partition coefficient (Wildman–Crippen LogP) is 0.440. The molecule has 0 saturated heterocycles. The molecule has 1 amide bonds. The first kappa shape index (κ1) is 17.0. The number of carbonyl (C=O) groups excluding carboxylic acids is 1. The summed E-state index contributed by atoms with van der Waals surface area (Å²) >= 11 is 0. The normalized spacial score (nSPS) is 10.7. The van der Waals surface area contributed by atoms with Gasteiger partial charge in [-0.3, -0.25) is 14.7 Å². The van der Waals surface area contributed by atoms with Crippen molar-refractivity contribution in [3.05, 3.63) is 51.9 Å². The highest BCUT2D eigenvalue weighted by atomic mass is 16.5. The molecule has 124 valence electrons. The van der Waals surface area contributed by atoms with Gasteiger partial charge in [0.1, 0.15) is 5.69 Å². The molecule has 0 bridgehead atoms. The lowest BCUT2D eigenvalue weighted by molar-refractivity contribution is 0.0948. The summed E-state index contributed by atoms with van der Waals surface area (Å²) in [7, 11) is 1.64. The Bertz CT molecular complexity index is 688. The van der Waals surface area contributed by atoms with Crippen LogP contribution in [-0.2, 0) is 4.74 Å². The van der Waals surface area contributed by atoms with Gasteiger partial charge in [-0.15, -0.1) is 0 Å². The summed E-state index contributed by atoms with van der Waals surface area (Å²) in [5, 5.41) is 8.71. The zero-order valence-electron chi connectivity index (χ0n) is 13.4. The maximum atomic E-state index is 12.0. The van der Waals surface area contributed by atoms with Gasteiger partial charge in [0.05, 0.1) is 12.3 Å². The van der Waals surface area contributed by atoms with Crippen LogP contribution in [0.25, 0.3) is 5.69 Å². The molecule has 1 aromatic heterocycles. The molecule has 23 heavy (non-hydrogen) atoms. The number of aryl methyl sites for hydroxylation is 1. The highest BCUT2D eigenvalue weighted by Crippen LogP contribution is 2.06. The summed E-state index contributed by atoms with van der Waals surface area (Å²) in [6.45, 7) is 4.44. The van der Waals surface area contributed by atoms with E-state index in [4.69, 9.17) is 4.74 Å². The lowest BCUT2D eigenvalue weighted by atomic mass is 10.2.